The summed E-state index contributed by atoms with van der Waals surface area (Å²) < 4.78 is 86.1. The number of ketones is 1. The predicted molar refractivity (Wildman–Crippen MR) is 82.2 cm³/mol. The van der Waals surface area contributed by atoms with Gasteiger partial charge in [-0.2, -0.15) is 21.6 Å². The Bertz CT molecular complexity index is 952. The normalized spacial score (nSPS) is 11.9. The molecule has 0 fully saturated rings. The quantitative estimate of drug-likeness (QED) is 0.440. The molecule has 0 N–H and O–H groups in total. The lowest BCUT2D eigenvalue weighted by Crippen LogP contribution is -2.15. The second-order valence-corrected chi connectivity index (χ2v) is 6.62. The van der Waals surface area contributed by atoms with Gasteiger partial charge in [0, 0.05) is 5.56 Å². The van der Waals surface area contributed by atoms with Crippen molar-refractivity contribution in [2.45, 2.75) is 18.0 Å². The van der Waals surface area contributed by atoms with Crippen LogP contribution >= 0.6 is 0 Å². The first-order valence-corrected chi connectivity index (χ1v) is 8.36. The van der Waals surface area contributed by atoms with Crippen molar-refractivity contribution in [2.24, 2.45) is 0 Å². The summed E-state index contributed by atoms with van der Waals surface area (Å²) in [6.07, 6.45) is -4.86. The van der Waals surface area contributed by atoms with Gasteiger partial charge in [-0.25, -0.2) is 4.39 Å². The maximum atomic E-state index is 13.8. The van der Waals surface area contributed by atoms with Crippen LogP contribution in [-0.4, -0.2) is 21.3 Å². The Hall–Kier alpha value is -2.62. The number of carbonyl (C=O) groups excluding carboxylic acids is 1. The van der Waals surface area contributed by atoms with Crippen molar-refractivity contribution in [1.29, 1.82) is 0 Å². The summed E-state index contributed by atoms with van der Waals surface area (Å²) in [5.74, 6) is -2.30. The third-order valence-corrected chi connectivity index (χ3v) is 4.55. The molecule has 0 atom stereocenters. The number of ether oxygens (including phenoxy) is 1. The van der Waals surface area contributed by atoms with Gasteiger partial charge in [-0.1, -0.05) is 0 Å². The molecule has 0 radical (unpaired) electrons. The van der Waals surface area contributed by atoms with Crippen molar-refractivity contribution in [2.75, 3.05) is 7.11 Å². The van der Waals surface area contributed by atoms with E-state index in [-0.39, 0.29) is 23.2 Å². The molecular formula is C16H12F4O5S. The van der Waals surface area contributed by atoms with Crippen molar-refractivity contribution in [3.63, 3.8) is 0 Å². The smallest absolute Gasteiger partial charge is 0.416 e. The van der Waals surface area contributed by atoms with Crippen molar-refractivity contribution in [1.82, 2.24) is 0 Å². The second kappa shape index (κ2) is 6.94. The average molecular weight is 392 g/mol. The van der Waals surface area contributed by atoms with Crippen molar-refractivity contribution in [3.8, 4) is 11.5 Å². The minimum atomic E-state index is -4.93. The molecular weight excluding hydrogens is 380 g/mol. The molecule has 0 unspecified atom stereocenters. The Morgan fingerprint density at radius 2 is 1.69 bits per heavy atom. The number of carbonyl (C=O) groups is 1. The Labute approximate surface area is 146 Å². The first-order chi connectivity index (χ1) is 12.0. The maximum Gasteiger partial charge on any atom is 0.416 e. The molecule has 26 heavy (non-hydrogen) atoms. The summed E-state index contributed by atoms with van der Waals surface area (Å²) in [4.78, 5) is 10.1. The summed E-state index contributed by atoms with van der Waals surface area (Å²) in [5, 5.41) is 0. The molecule has 0 amide bonds. The molecule has 5 nitrogen and oxygen atoms in total. The highest BCUT2D eigenvalue weighted by atomic mass is 32.2. The van der Waals surface area contributed by atoms with E-state index in [9.17, 15) is 30.8 Å². The molecule has 0 spiro atoms. The highest BCUT2D eigenvalue weighted by Gasteiger charge is 2.34. The number of hydrogen-bond acceptors (Lipinski definition) is 5. The monoisotopic (exact) mass is 392 g/mol. The molecule has 2 aromatic carbocycles. The number of rotatable bonds is 5. The van der Waals surface area contributed by atoms with Crippen LogP contribution in [0.15, 0.2) is 41.3 Å². The highest BCUT2D eigenvalue weighted by Crippen LogP contribution is 2.34. The highest BCUT2D eigenvalue weighted by molar-refractivity contribution is 7.87. The second-order valence-electron chi connectivity index (χ2n) is 5.10. The fourth-order valence-corrected chi connectivity index (χ4v) is 3.03. The third-order valence-electron chi connectivity index (χ3n) is 3.30. The van der Waals surface area contributed by atoms with Crippen LogP contribution in [0.25, 0.3) is 0 Å². The molecule has 140 valence electrons. The largest absolute Gasteiger partial charge is 0.493 e. The van der Waals surface area contributed by atoms with E-state index >= 15 is 0 Å². The van der Waals surface area contributed by atoms with Crippen molar-refractivity contribution < 1.29 is 39.7 Å². The average Bonchev–Trinajstić information content (AvgIpc) is 2.53. The molecule has 0 bridgehead atoms. The van der Waals surface area contributed by atoms with Crippen LogP contribution in [0.5, 0.6) is 11.5 Å². The SMILES string of the molecule is COc1cc(C(C)=O)ccc1OS(=O)(=O)c1cc(C(F)(F)F)ccc1F. The first kappa shape index (κ1) is 19.7. The summed E-state index contributed by atoms with van der Waals surface area (Å²) in [6.45, 7) is 1.27. The third kappa shape index (κ3) is 4.13. The molecule has 0 saturated carbocycles. The zero-order chi connectivity index (χ0) is 19.7. The zero-order valence-corrected chi connectivity index (χ0v) is 14.2. The number of Topliss-reactive ketones (excluding diaryl/α,β-unsaturated/α-hetero) is 1. The van der Waals surface area contributed by atoms with Crippen LogP contribution in [0.2, 0.25) is 0 Å². The number of hydrogen-bond donors (Lipinski definition) is 0. The van der Waals surface area contributed by atoms with Gasteiger partial charge in [0.05, 0.1) is 12.7 Å². The summed E-state index contributed by atoms with van der Waals surface area (Å²) in [6, 6.07) is 4.44. The Morgan fingerprint density at radius 1 is 1.04 bits per heavy atom. The maximum absolute atomic E-state index is 13.8. The fraction of sp³-hybridized carbons (Fsp3) is 0.188. The summed E-state index contributed by atoms with van der Waals surface area (Å²) in [7, 11) is -3.76. The minimum absolute atomic E-state index is 0.140. The van der Waals surface area contributed by atoms with Gasteiger partial charge < -0.3 is 8.92 Å². The lowest BCUT2D eigenvalue weighted by molar-refractivity contribution is -0.137. The Morgan fingerprint density at radius 3 is 2.23 bits per heavy atom. The van der Waals surface area contributed by atoms with E-state index in [0.717, 1.165) is 6.07 Å². The van der Waals surface area contributed by atoms with Gasteiger partial charge in [-0.3, -0.25) is 4.79 Å². The van der Waals surface area contributed by atoms with E-state index in [1.807, 2.05) is 0 Å². The number of benzene rings is 2. The number of halogens is 4. The standard InChI is InChI=1S/C16H12F4O5S/c1-9(21)10-3-6-13(14(7-10)24-2)25-26(22,23)15-8-11(16(18,19)20)4-5-12(15)17/h3-8H,1-2H3. The molecule has 2 aromatic rings. The van der Waals surface area contributed by atoms with Crippen molar-refractivity contribution >= 4 is 15.9 Å². The zero-order valence-electron chi connectivity index (χ0n) is 13.4. The van der Waals surface area contributed by atoms with E-state index in [1.165, 1.54) is 26.2 Å². The van der Waals surface area contributed by atoms with Gasteiger partial charge in [0.15, 0.2) is 17.3 Å². The van der Waals surface area contributed by atoms with E-state index in [4.69, 9.17) is 8.92 Å². The topological polar surface area (TPSA) is 69.7 Å². The van der Waals surface area contributed by atoms with Crippen LogP contribution in [0.3, 0.4) is 0 Å². The molecule has 0 aromatic heterocycles. The first-order valence-electron chi connectivity index (χ1n) is 6.96. The fourth-order valence-electron chi connectivity index (χ4n) is 1.99. The van der Waals surface area contributed by atoms with Gasteiger partial charge in [-0.05, 0) is 43.3 Å². The van der Waals surface area contributed by atoms with Gasteiger partial charge in [-0.15, -0.1) is 0 Å². The van der Waals surface area contributed by atoms with Crippen LogP contribution in [-0.2, 0) is 16.3 Å². The van der Waals surface area contributed by atoms with Gasteiger partial charge in [0.25, 0.3) is 0 Å². The van der Waals surface area contributed by atoms with Crippen LogP contribution < -0.4 is 8.92 Å². The Kier molecular flexibility index (Phi) is 5.26. The molecule has 0 aliphatic rings. The summed E-state index contributed by atoms with van der Waals surface area (Å²) >= 11 is 0. The van der Waals surface area contributed by atoms with E-state index < -0.39 is 38.3 Å². The van der Waals surface area contributed by atoms with Crippen molar-refractivity contribution in [3.05, 3.63) is 53.3 Å². The van der Waals surface area contributed by atoms with Gasteiger partial charge in [0.1, 0.15) is 10.7 Å². The molecule has 0 saturated heterocycles. The van der Waals surface area contributed by atoms with E-state index in [0.29, 0.717) is 12.1 Å². The number of methoxy groups -OCH3 is 1. The lowest BCUT2D eigenvalue weighted by Gasteiger charge is -2.13. The van der Waals surface area contributed by atoms with Gasteiger partial charge >= 0.3 is 16.3 Å². The Balaban J connectivity index is 2.48. The summed E-state index contributed by atoms with van der Waals surface area (Å²) in [5.41, 5.74) is -1.16. The van der Waals surface area contributed by atoms with Crippen LogP contribution in [0, 0.1) is 5.82 Å². The lowest BCUT2D eigenvalue weighted by atomic mass is 10.1. The minimum Gasteiger partial charge on any atom is -0.493 e. The molecule has 10 heteroatoms. The van der Waals surface area contributed by atoms with Gasteiger partial charge in [0.2, 0.25) is 0 Å². The van der Waals surface area contributed by atoms with E-state index in [1.54, 1.807) is 0 Å². The molecule has 0 aliphatic carbocycles. The molecule has 2 rings (SSSR count). The molecule has 0 aliphatic heterocycles. The number of alkyl halides is 3. The predicted octanol–water partition coefficient (Wildman–Crippen LogP) is 3.82. The van der Waals surface area contributed by atoms with E-state index in [2.05, 4.69) is 0 Å². The van der Waals surface area contributed by atoms with Crippen LogP contribution in [0.1, 0.15) is 22.8 Å². The van der Waals surface area contributed by atoms with Crippen LogP contribution in [0.4, 0.5) is 17.6 Å². The molecule has 0 heterocycles.